The number of unbranched alkanes of at least 4 members (excludes halogenated alkanes) is 2. The van der Waals surface area contributed by atoms with Crippen molar-refractivity contribution in [3.63, 3.8) is 0 Å². The van der Waals surface area contributed by atoms with Crippen molar-refractivity contribution < 1.29 is 33.4 Å². The fourth-order valence-electron chi connectivity index (χ4n) is 2.52. The van der Waals surface area contributed by atoms with Crippen LogP contribution in [0.2, 0.25) is 0 Å². The number of hydrogen-bond acceptors (Lipinski definition) is 8. The van der Waals surface area contributed by atoms with Gasteiger partial charge in [-0.2, -0.15) is 12.6 Å². The standard InChI is InChI=1S/C20H35N3O7S/c1-4-7-8-9-16(24)22-14(20(28)30-6-3)10-11-17(25)23-15(13-31)19(27)21-12-18(26)29-5-2/h14-15,31H,4-13H2,1-3H3,(H,21,27)(H,22,24)(H,23,25)/t14-,15-/m0/s1. The number of carbonyl (C=O) groups is 5. The number of ether oxygens (including phenoxy) is 2. The van der Waals surface area contributed by atoms with E-state index >= 15 is 0 Å². The first-order valence-electron chi connectivity index (χ1n) is 10.6. The van der Waals surface area contributed by atoms with Gasteiger partial charge < -0.3 is 25.4 Å². The smallest absolute Gasteiger partial charge is 0.328 e. The van der Waals surface area contributed by atoms with Gasteiger partial charge in [-0.3, -0.25) is 19.2 Å². The molecule has 0 spiro atoms. The first kappa shape index (κ1) is 28.7. The molecule has 0 radical (unpaired) electrons. The van der Waals surface area contributed by atoms with Crippen LogP contribution in [0.5, 0.6) is 0 Å². The molecule has 0 saturated carbocycles. The fraction of sp³-hybridized carbons (Fsp3) is 0.750. The molecule has 0 aromatic carbocycles. The Hall–Kier alpha value is -2.30. The average molecular weight is 462 g/mol. The van der Waals surface area contributed by atoms with E-state index < -0.39 is 35.8 Å². The number of esters is 2. The number of rotatable bonds is 16. The normalized spacial score (nSPS) is 12.3. The Bertz CT molecular complexity index is 601. The van der Waals surface area contributed by atoms with Crippen molar-refractivity contribution in [3.8, 4) is 0 Å². The molecule has 0 aliphatic heterocycles. The van der Waals surface area contributed by atoms with Gasteiger partial charge in [0.1, 0.15) is 18.6 Å². The Morgan fingerprint density at radius 2 is 1.45 bits per heavy atom. The Balaban J connectivity index is 4.68. The molecule has 0 aromatic rings. The highest BCUT2D eigenvalue weighted by atomic mass is 32.1. The van der Waals surface area contributed by atoms with Crippen molar-refractivity contribution in [1.82, 2.24) is 16.0 Å². The SMILES string of the molecule is CCCCCC(=O)N[C@@H](CCC(=O)N[C@@H](CS)C(=O)NCC(=O)OCC)C(=O)OCC. The van der Waals surface area contributed by atoms with Crippen LogP contribution in [-0.4, -0.2) is 67.3 Å². The molecule has 0 saturated heterocycles. The van der Waals surface area contributed by atoms with Crippen LogP contribution in [0.4, 0.5) is 0 Å². The first-order chi connectivity index (χ1) is 14.8. The molecule has 3 amide bonds. The van der Waals surface area contributed by atoms with Crippen molar-refractivity contribution in [2.24, 2.45) is 0 Å². The lowest BCUT2D eigenvalue weighted by Crippen LogP contribution is -2.49. The predicted octanol–water partition coefficient (Wildman–Crippen LogP) is 0.489. The topological polar surface area (TPSA) is 140 Å². The highest BCUT2D eigenvalue weighted by Gasteiger charge is 2.25. The highest BCUT2D eigenvalue weighted by Crippen LogP contribution is 2.05. The van der Waals surface area contributed by atoms with Crippen LogP contribution in [0.3, 0.4) is 0 Å². The number of amides is 3. The van der Waals surface area contributed by atoms with Gasteiger partial charge in [0.15, 0.2) is 0 Å². The molecule has 0 heterocycles. The van der Waals surface area contributed by atoms with Crippen LogP contribution in [-0.2, 0) is 33.4 Å². The second-order valence-corrected chi connectivity index (χ2v) is 7.06. The molecule has 0 rings (SSSR count). The molecule has 178 valence electrons. The van der Waals surface area contributed by atoms with Crippen molar-refractivity contribution in [1.29, 1.82) is 0 Å². The van der Waals surface area contributed by atoms with E-state index in [4.69, 9.17) is 9.47 Å². The maximum Gasteiger partial charge on any atom is 0.328 e. The van der Waals surface area contributed by atoms with Crippen LogP contribution in [0.25, 0.3) is 0 Å². The minimum atomic E-state index is -0.963. The van der Waals surface area contributed by atoms with Crippen LogP contribution in [0.15, 0.2) is 0 Å². The maximum absolute atomic E-state index is 12.3. The maximum atomic E-state index is 12.3. The zero-order valence-electron chi connectivity index (χ0n) is 18.5. The first-order valence-corrected chi connectivity index (χ1v) is 11.2. The molecule has 0 unspecified atom stereocenters. The van der Waals surface area contributed by atoms with Crippen LogP contribution in [0, 0.1) is 0 Å². The number of nitrogens with one attached hydrogen (secondary N) is 3. The van der Waals surface area contributed by atoms with E-state index in [0.29, 0.717) is 6.42 Å². The second kappa shape index (κ2) is 17.4. The van der Waals surface area contributed by atoms with Crippen molar-refractivity contribution >= 4 is 42.3 Å². The van der Waals surface area contributed by atoms with Gasteiger partial charge in [0.25, 0.3) is 0 Å². The Morgan fingerprint density at radius 3 is 2.03 bits per heavy atom. The molecule has 0 aliphatic carbocycles. The van der Waals surface area contributed by atoms with Gasteiger partial charge in [-0.25, -0.2) is 4.79 Å². The van der Waals surface area contributed by atoms with Gasteiger partial charge >= 0.3 is 11.9 Å². The summed E-state index contributed by atoms with van der Waals surface area (Å²) in [6.07, 6.45) is 2.78. The third-order valence-corrected chi connectivity index (χ3v) is 4.49. The molecule has 11 heteroatoms. The monoisotopic (exact) mass is 461 g/mol. The van der Waals surface area contributed by atoms with Crippen molar-refractivity contribution in [2.75, 3.05) is 25.5 Å². The summed E-state index contributed by atoms with van der Waals surface area (Å²) < 4.78 is 9.69. The van der Waals surface area contributed by atoms with Crippen molar-refractivity contribution in [3.05, 3.63) is 0 Å². The zero-order chi connectivity index (χ0) is 23.6. The van der Waals surface area contributed by atoms with Crippen LogP contribution >= 0.6 is 12.6 Å². The summed E-state index contributed by atoms with van der Waals surface area (Å²) in [5, 5.41) is 7.48. The number of hydrogen-bond donors (Lipinski definition) is 4. The molecule has 0 bridgehead atoms. The van der Waals surface area contributed by atoms with Gasteiger partial charge in [0.2, 0.25) is 17.7 Å². The van der Waals surface area contributed by atoms with Gasteiger partial charge in [0, 0.05) is 18.6 Å². The third-order valence-electron chi connectivity index (χ3n) is 4.12. The van der Waals surface area contributed by atoms with Gasteiger partial charge in [-0.15, -0.1) is 0 Å². The predicted molar refractivity (Wildman–Crippen MR) is 117 cm³/mol. The summed E-state index contributed by atoms with van der Waals surface area (Å²) >= 11 is 4.05. The molecule has 0 aromatic heterocycles. The van der Waals surface area contributed by atoms with E-state index in [9.17, 15) is 24.0 Å². The second-order valence-electron chi connectivity index (χ2n) is 6.69. The molecule has 0 aliphatic rings. The van der Waals surface area contributed by atoms with E-state index in [0.717, 1.165) is 12.8 Å². The Morgan fingerprint density at radius 1 is 0.839 bits per heavy atom. The van der Waals surface area contributed by atoms with E-state index in [1.165, 1.54) is 0 Å². The molecule has 3 N–H and O–H groups in total. The van der Waals surface area contributed by atoms with Gasteiger partial charge in [-0.1, -0.05) is 19.8 Å². The Kier molecular flexibility index (Phi) is 16.1. The molecule has 2 atom stereocenters. The van der Waals surface area contributed by atoms with Crippen LogP contribution in [0.1, 0.15) is 59.3 Å². The minimum absolute atomic E-state index is 0.00979. The average Bonchev–Trinajstić information content (AvgIpc) is 2.73. The van der Waals surface area contributed by atoms with E-state index in [1.54, 1.807) is 13.8 Å². The highest BCUT2D eigenvalue weighted by molar-refractivity contribution is 7.80. The lowest BCUT2D eigenvalue weighted by Gasteiger charge is -2.19. The fourth-order valence-corrected chi connectivity index (χ4v) is 2.78. The van der Waals surface area contributed by atoms with Crippen molar-refractivity contribution in [2.45, 2.75) is 71.4 Å². The van der Waals surface area contributed by atoms with Crippen LogP contribution < -0.4 is 16.0 Å². The van der Waals surface area contributed by atoms with E-state index in [-0.39, 0.29) is 50.7 Å². The summed E-state index contributed by atoms with van der Waals surface area (Å²) in [5.74, 6) is -2.55. The summed E-state index contributed by atoms with van der Waals surface area (Å²) in [6.45, 7) is 5.34. The summed E-state index contributed by atoms with van der Waals surface area (Å²) in [4.78, 5) is 59.9. The van der Waals surface area contributed by atoms with E-state index in [1.807, 2.05) is 6.92 Å². The molecular weight excluding hydrogens is 426 g/mol. The zero-order valence-corrected chi connectivity index (χ0v) is 19.4. The lowest BCUT2D eigenvalue weighted by atomic mass is 10.1. The molecule has 0 fully saturated rings. The summed E-state index contributed by atoms with van der Waals surface area (Å²) in [7, 11) is 0. The lowest BCUT2D eigenvalue weighted by molar-refractivity contribution is -0.147. The molecule has 10 nitrogen and oxygen atoms in total. The number of carbonyl (C=O) groups excluding carboxylic acids is 5. The Labute approximate surface area is 189 Å². The quantitative estimate of drug-likeness (QED) is 0.149. The summed E-state index contributed by atoms with van der Waals surface area (Å²) in [5.41, 5.74) is 0. The van der Waals surface area contributed by atoms with Gasteiger partial charge in [-0.05, 0) is 26.7 Å². The number of thiol groups is 1. The molecular formula is C20H35N3O7S. The largest absolute Gasteiger partial charge is 0.465 e. The molecule has 31 heavy (non-hydrogen) atoms. The third kappa shape index (κ3) is 13.6. The minimum Gasteiger partial charge on any atom is -0.465 e. The van der Waals surface area contributed by atoms with E-state index in [2.05, 4.69) is 28.6 Å². The summed E-state index contributed by atoms with van der Waals surface area (Å²) in [6, 6.07) is -1.91. The van der Waals surface area contributed by atoms with Gasteiger partial charge in [0.05, 0.1) is 13.2 Å².